The van der Waals surface area contributed by atoms with Crippen LogP contribution in [0.3, 0.4) is 0 Å². The fourth-order valence-corrected chi connectivity index (χ4v) is 12.1. The third kappa shape index (κ3) is 6.88. The van der Waals surface area contributed by atoms with E-state index in [1.165, 1.54) is 21.2 Å². The highest BCUT2D eigenvalue weighted by atomic mass is 31.1. The van der Waals surface area contributed by atoms with E-state index >= 15 is 0 Å². The number of hydrogen-bond donors (Lipinski definition) is 0. The minimum atomic E-state index is -0.797. The maximum absolute atomic E-state index is 5.93. The summed E-state index contributed by atoms with van der Waals surface area (Å²) in [6.45, 7) is 4.69. The molecule has 41 heavy (non-hydrogen) atoms. The lowest BCUT2D eigenvalue weighted by atomic mass is 9.87. The van der Waals surface area contributed by atoms with Gasteiger partial charge in [0.1, 0.15) is 23.0 Å². The Morgan fingerprint density at radius 1 is 0.439 bits per heavy atom. The van der Waals surface area contributed by atoms with Gasteiger partial charge in [-0.05, 0) is 70.7 Å². The van der Waals surface area contributed by atoms with Gasteiger partial charge in [-0.3, -0.25) is 0 Å². The first kappa shape index (κ1) is 30.9. The average molecular weight is 589 g/mol. The summed E-state index contributed by atoms with van der Waals surface area (Å²) >= 11 is 0. The standard InChI is InChI=1S/C35H42O4P2/c1-7-35(8-2,25-40(31-21-13-9-17-27(31)36-3)32-22-14-10-18-28(32)37-4)26-41(33-23-15-11-19-29(33)38-5)34-24-16-12-20-30(34)39-6/h9-24H,7-8,25-26H2,1-6H3. The highest BCUT2D eigenvalue weighted by molar-refractivity contribution is 7.74. The highest BCUT2D eigenvalue weighted by Crippen LogP contribution is 2.53. The molecule has 0 aliphatic heterocycles. The van der Waals surface area contributed by atoms with Crippen molar-refractivity contribution in [3.8, 4) is 23.0 Å². The first-order valence-corrected chi connectivity index (χ1v) is 17.2. The second-order valence-corrected chi connectivity index (χ2v) is 14.3. The largest absolute Gasteiger partial charge is 0.496 e. The van der Waals surface area contributed by atoms with E-state index < -0.39 is 15.8 Å². The SMILES string of the molecule is CCC(CC)(CP(c1ccccc1OC)c1ccccc1OC)CP(c1ccccc1OC)c1ccccc1OC. The fourth-order valence-electron chi connectivity index (χ4n) is 5.43. The summed E-state index contributed by atoms with van der Waals surface area (Å²) in [5.41, 5.74) is 0.0425. The molecule has 0 aliphatic rings. The number of ether oxygens (including phenoxy) is 4. The van der Waals surface area contributed by atoms with Crippen LogP contribution in [0.5, 0.6) is 23.0 Å². The average Bonchev–Trinajstić information content (AvgIpc) is 3.05. The van der Waals surface area contributed by atoms with Crippen LogP contribution in [0.4, 0.5) is 0 Å². The molecule has 0 saturated carbocycles. The minimum Gasteiger partial charge on any atom is -0.496 e. The number of methoxy groups -OCH3 is 4. The van der Waals surface area contributed by atoms with Gasteiger partial charge in [0.25, 0.3) is 0 Å². The van der Waals surface area contributed by atoms with Gasteiger partial charge in [0.05, 0.1) is 28.4 Å². The molecule has 4 aromatic rings. The van der Waals surface area contributed by atoms with Crippen molar-refractivity contribution >= 4 is 37.1 Å². The molecule has 0 atom stereocenters. The molecule has 0 unspecified atom stereocenters. The van der Waals surface area contributed by atoms with Gasteiger partial charge in [0.2, 0.25) is 0 Å². The van der Waals surface area contributed by atoms with Crippen molar-refractivity contribution in [2.75, 3.05) is 40.8 Å². The van der Waals surface area contributed by atoms with Crippen molar-refractivity contribution in [2.45, 2.75) is 26.7 Å². The molecule has 0 N–H and O–H groups in total. The summed E-state index contributed by atoms with van der Waals surface area (Å²) in [5, 5.41) is 5.00. The quantitative estimate of drug-likeness (QED) is 0.147. The molecule has 4 aromatic carbocycles. The third-order valence-corrected chi connectivity index (χ3v) is 13.8. The molecule has 0 aliphatic carbocycles. The van der Waals surface area contributed by atoms with Crippen molar-refractivity contribution in [1.29, 1.82) is 0 Å². The van der Waals surface area contributed by atoms with Crippen LogP contribution in [0.1, 0.15) is 26.7 Å². The van der Waals surface area contributed by atoms with E-state index in [1.54, 1.807) is 28.4 Å². The second-order valence-electron chi connectivity index (χ2n) is 10.1. The summed E-state index contributed by atoms with van der Waals surface area (Å²) in [6.07, 6.45) is 4.13. The molecule has 6 heteroatoms. The second kappa shape index (κ2) is 14.7. The zero-order valence-electron chi connectivity index (χ0n) is 25.1. The topological polar surface area (TPSA) is 36.9 Å². The van der Waals surface area contributed by atoms with E-state index in [4.69, 9.17) is 18.9 Å². The summed E-state index contributed by atoms with van der Waals surface area (Å²) in [5.74, 6) is 3.73. The van der Waals surface area contributed by atoms with Crippen molar-refractivity contribution in [3.63, 3.8) is 0 Å². The molecule has 0 aromatic heterocycles. The molecule has 4 nitrogen and oxygen atoms in total. The van der Waals surface area contributed by atoms with Crippen LogP contribution in [0.15, 0.2) is 97.1 Å². The molecule has 4 rings (SSSR count). The Morgan fingerprint density at radius 3 is 0.902 bits per heavy atom. The molecule has 0 spiro atoms. The van der Waals surface area contributed by atoms with Gasteiger partial charge in [-0.25, -0.2) is 0 Å². The van der Waals surface area contributed by atoms with Gasteiger partial charge < -0.3 is 18.9 Å². The molecule has 0 heterocycles. The Hall–Kier alpha value is -3.06. The zero-order valence-corrected chi connectivity index (χ0v) is 26.9. The zero-order chi connectivity index (χ0) is 29.2. The maximum atomic E-state index is 5.93. The van der Waals surface area contributed by atoms with Gasteiger partial charge in [0, 0.05) is 21.2 Å². The first-order valence-electron chi connectivity index (χ1n) is 14.1. The number of rotatable bonds is 14. The summed E-state index contributed by atoms with van der Waals surface area (Å²) in [6, 6.07) is 33.9. The maximum Gasteiger partial charge on any atom is 0.126 e. The summed E-state index contributed by atoms with van der Waals surface area (Å²) in [7, 11) is 5.48. The van der Waals surface area contributed by atoms with Gasteiger partial charge in [-0.15, -0.1) is 0 Å². The van der Waals surface area contributed by atoms with E-state index in [9.17, 15) is 0 Å². The Kier molecular flexibility index (Phi) is 11.1. The van der Waals surface area contributed by atoms with E-state index in [1.807, 2.05) is 24.3 Å². The smallest absolute Gasteiger partial charge is 0.126 e. The van der Waals surface area contributed by atoms with Gasteiger partial charge >= 0.3 is 0 Å². The lowest BCUT2D eigenvalue weighted by molar-refractivity contribution is 0.352. The van der Waals surface area contributed by atoms with E-state index in [2.05, 4.69) is 86.6 Å². The van der Waals surface area contributed by atoms with E-state index in [-0.39, 0.29) is 5.41 Å². The summed E-state index contributed by atoms with van der Waals surface area (Å²) in [4.78, 5) is 0. The van der Waals surface area contributed by atoms with E-state index in [0.29, 0.717) is 0 Å². The number of para-hydroxylation sites is 4. The first-order chi connectivity index (χ1) is 20.0. The fraction of sp³-hybridized carbons (Fsp3) is 0.314. The van der Waals surface area contributed by atoms with Gasteiger partial charge in [0.15, 0.2) is 0 Å². The molecule has 216 valence electrons. The predicted octanol–water partition coefficient (Wildman–Crippen LogP) is 7.09. The van der Waals surface area contributed by atoms with Gasteiger partial charge in [-0.1, -0.05) is 86.6 Å². The Labute approximate surface area is 248 Å². The van der Waals surface area contributed by atoms with Crippen molar-refractivity contribution in [2.24, 2.45) is 5.41 Å². The van der Waals surface area contributed by atoms with Crippen LogP contribution >= 0.6 is 15.8 Å². The van der Waals surface area contributed by atoms with Crippen LogP contribution in [0.25, 0.3) is 0 Å². The lowest BCUT2D eigenvalue weighted by Gasteiger charge is -2.40. The number of hydrogen-bond acceptors (Lipinski definition) is 4. The van der Waals surface area contributed by atoms with Crippen molar-refractivity contribution < 1.29 is 18.9 Å². The van der Waals surface area contributed by atoms with Gasteiger partial charge in [-0.2, -0.15) is 0 Å². The summed E-state index contributed by atoms with van der Waals surface area (Å²) < 4.78 is 23.7. The molecule has 0 radical (unpaired) electrons. The molecular weight excluding hydrogens is 546 g/mol. The van der Waals surface area contributed by atoms with Crippen LogP contribution < -0.4 is 40.2 Å². The molecule has 0 saturated heterocycles. The number of benzene rings is 4. The van der Waals surface area contributed by atoms with Crippen LogP contribution in [0.2, 0.25) is 0 Å². The van der Waals surface area contributed by atoms with Crippen molar-refractivity contribution in [1.82, 2.24) is 0 Å². The van der Waals surface area contributed by atoms with Crippen LogP contribution in [0, 0.1) is 5.41 Å². The third-order valence-electron chi connectivity index (χ3n) is 7.99. The molecular formula is C35H42O4P2. The molecule has 0 bridgehead atoms. The van der Waals surface area contributed by atoms with Crippen LogP contribution in [-0.4, -0.2) is 40.8 Å². The monoisotopic (exact) mass is 588 g/mol. The van der Waals surface area contributed by atoms with Crippen molar-refractivity contribution in [3.05, 3.63) is 97.1 Å². The Morgan fingerprint density at radius 2 is 0.683 bits per heavy atom. The normalized spacial score (nSPS) is 11.5. The molecule has 0 amide bonds. The van der Waals surface area contributed by atoms with Crippen LogP contribution in [-0.2, 0) is 0 Å². The predicted molar refractivity (Wildman–Crippen MR) is 177 cm³/mol. The highest BCUT2D eigenvalue weighted by Gasteiger charge is 2.37. The Bertz CT molecular complexity index is 1200. The lowest BCUT2D eigenvalue weighted by Crippen LogP contribution is -2.34. The minimum absolute atomic E-state index is 0.0425. The van der Waals surface area contributed by atoms with E-state index in [0.717, 1.165) is 48.2 Å². The molecule has 0 fully saturated rings. The Balaban J connectivity index is 1.88.